The van der Waals surface area contributed by atoms with Crippen LogP contribution in [0.15, 0.2) is 176 Å². The zero-order valence-corrected chi connectivity index (χ0v) is 29.7. The number of para-hydroxylation sites is 7. The molecule has 1 aliphatic rings. The molecule has 244 valence electrons. The maximum Gasteiger partial charge on any atom is 0.226 e. The monoisotopic (exact) mass is 699 g/mol. The first-order valence-corrected chi connectivity index (χ1v) is 20.3. The standard InChI is InChI=1S/C45H29N5SSi/c1-2-16-32(17-3-1)49-38-23-7-4-20-35(38)46-43(49)30-14-12-18-33(28-30)52(34-19-13-15-31(29-34)44-47-37-22-6-10-26-41(37)51-44)42-27-11-9-25-40(42)50-39-24-8-5-21-36(39)48-45(50)52/h1-29H. The number of imidazole rings is 2. The Hall–Kier alpha value is -6.41. The Labute approximate surface area is 304 Å². The van der Waals surface area contributed by atoms with Crippen LogP contribution in [-0.2, 0) is 0 Å². The van der Waals surface area contributed by atoms with E-state index >= 15 is 0 Å². The van der Waals surface area contributed by atoms with Gasteiger partial charge in [-0.25, -0.2) is 15.0 Å². The third kappa shape index (κ3) is 4.18. The van der Waals surface area contributed by atoms with Crippen molar-refractivity contribution in [2.24, 2.45) is 0 Å². The lowest BCUT2D eigenvalue weighted by molar-refractivity contribution is 1.10. The van der Waals surface area contributed by atoms with Crippen molar-refractivity contribution in [3.05, 3.63) is 176 Å². The van der Waals surface area contributed by atoms with Crippen LogP contribution in [0.1, 0.15) is 0 Å². The van der Waals surface area contributed by atoms with Crippen LogP contribution in [0.5, 0.6) is 0 Å². The molecule has 1 aliphatic heterocycles. The second-order valence-electron chi connectivity index (χ2n) is 13.3. The Kier molecular flexibility index (Phi) is 6.37. The van der Waals surface area contributed by atoms with E-state index in [0.717, 1.165) is 60.7 Å². The average Bonchev–Trinajstić information content (AvgIpc) is 3.98. The van der Waals surface area contributed by atoms with Gasteiger partial charge in [0.15, 0.2) is 0 Å². The summed E-state index contributed by atoms with van der Waals surface area (Å²) in [5.74, 6) is 0.918. The Bertz CT molecular complexity index is 2960. The largest absolute Gasteiger partial charge is 0.299 e. The number of hydrogen-bond donors (Lipinski definition) is 0. The van der Waals surface area contributed by atoms with Gasteiger partial charge in [0.25, 0.3) is 0 Å². The molecule has 0 aliphatic carbocycles. The van der Waals surface area contributed by atoms with E-state index in [2.05, 4.69) is 185 Å². The predicted molar refractivity (Wildman–Crippen MR) is 217 cm³/mol. The van der Waals surface area contributed by atoms with Crippen LogP contribution in [0, 0.1) is 0 Å². The molecule has 10 aromatic rings. The smallest absolute Gasteiger partial charge is 0.226 e. The van der Waals surface area contributed by atoms with Crippen molar-refractivity contribution in [3.8, 4) is 33.3 Å². The van der Waals surface area contributed by atoms with E-state index in [1.165, 1.54) is 25.9 Å². The van der Waals surface area contributed by atoms with Crippen LogP contribution in [0.2, 0.25) is 0 Å². The SMILES string of the molecule is c1ccc(-n2c(-c3cccc([Si]4(c5cccc(-c6nc7ccccc7s6)c5)c5ccccc5-n5c4nc4ccccc45)c3)nc3ccccc32)cc1. The Morgan fingerprint density at radius 2 is 1.08 bits per heavy atom. The van der Waals surface area contributed by atoms with Crippen LogP contribution < -0.4 is 21.0 Å². The molecule has 3 aromatic heterocycles. The molecular formula is C45H29N5SSi. The molecule has 1 unspecified atom stereocenters. The number of aromatic nitrogens is 5. The Morgan fingerprint density at radius 3 is 1.87 bits per heavy atom. The molecule has 0 amide bonds. The van der Waals surface area contributed by atoms with Crippen molar-refractivity contribution >= 4 is 72.7 Å². The number of fused-ring (bicyclic) bond motifs is 7. The molecule has 0 N–H and O–H groups in total. The van der Waals surface area contributed by atoms with E-state index in [0.29, 0.717) is 0 Å². The summed E-state index contributed by atoms with van der Waals surface area (Å²) in [5, 5.41) is 4.90. The minimum absolute atomic E-state index is 0.918. The van der Waals surface area contributed by atoms with Gasteiger partial charge in [-0.15, -0.1) is 11.3 Å². The van der Waals surface area contributed by atoms with Crippen LogP contribution in [-0.4, -0.2) is 32.2 Å². The molecule has 52 heavy (non-hydrogen) atoms. The zero-order chi connectivity index (χ0) is 34.2. The van der Waals surface area contributed by atoms with Crippen molar-refractivity contribution in [1.29, 1.82) is 0 Å². The van der Waals surface area contributed by atoms with Gasteiger partial charge < -0.3 is 0 Å². The highest BCUT2D eigenvalue weighted by Crippen LogP contribution is 2.33. The second kappa shape index (κ2) is 11.3. The molecule has 0 spiro atoms. The normalized spacial score (nSPS) is 15.0. The molecule has 0 fully saturated rings. The summed E-state index contributed by atoms with van der Waals surface area (Å²) in [4.78, 5) is 15.9. The highest BCUT2D eigenvalue weighted by Gasteiger charge is 2.52. The molecule has 5 nitrogen and oxygen atoms in total. The first kappa shape index (κ1) is 29.3. The van der Waals surface area contributed by atoms with Crippen molar-refractivity contribution < 1.29 is 0 Å². The van der Waals surface area contributed by atoms with Gasteiger partial charge >= 0.3 is 0 Å². The first-order chi connectivity index (χ1) is 25.8. The minimum atomic E-state index is -3.02. The van der Waals surface area contributed by atoms with Crippen LogP contribution >= 0.6 is 11.3 Å². The topological polar surface area (TPSA) is 48.5 Å². The van der Waals surface area contributed by atoms with Gasteiger partial charge in [-0.1, -0.05) is 121 Å². The fraction of sp³-hybridized carbons (Fsp3) is 0. The maximum absolute atomic E-state index is 5.54. The molecule has 0 radical (unpaired) electrons. The summed E-state index contributed by atoms with van der Waals surface area (Å²) < 4.78 is 5.90. The second-order valence-corrected chi connectivity index (χ2v) is 17.9. The fourth-order valence-electron chi connectivity index (χ4n) is 8.19. The number of benzene rings is 7. The summed E-state index contributed by atoms with van der Waals surface area (Å²) in [6.07, 6.45) is 0. The van der Waals surface area contributed by atoms with Gasteiger partial charge in [-0.2, -0.15) is 0 Å². The summed E-state index contributed by atoms with van der Waals surface area (Å²) >= 11 is 1.75. The molecule has 7 heteroatoms. The number of nitrogens with zero attached hydrogens (tertiary/aromatic N) is 5. The van der Waals surface area contributed by atoms with Gasteiger partial charge in [0.2, 0.25) is 8.07 Å². The van der Waals surface area contributed by atoms with Gasteiger partial charge in [0, 0.05) is 22.5 Å². The summed E-state index contributed by atoms with van der Waals surface area (Å²) in [5.41, 5.74) is 10.8. The third-order valence-electron chi connectivity index (χ3n) is 10.4. The number of hydrogen-bond acceptors (Lipinski definition) is 4. The Morgan fingerprint density at radius 1 is 0.462 bits per heavy atom. The van der Waals surface area contributed by atoms with Crippen molar-refractivity contribution in [1.82, 2.24) is 24.1 Å². The van der Waals surface area contributed by atoms with E-state index in [1.54, 1.807) is 11.3 Å². The van der Waals surface area contributed by atoms with E-state index in [4.69, 9.17) is 15.0 Å². The van der Waals surface area contributed by atoms with Crippen LogP contribution in [0.3, 0.4) is 0 Å². The van der Waals surface area contributed by atoms with Crippen molar-refractivity contribution in [2.75, 3.05) is 0 Å². The van der Waals surface area contributed by atoms with E-state index in [-0.39, 0.29) is 0 Å². The third-order valence-corrected chi connectivity index (χ3v) is 16.1. The van der Waals surface area contributed by atoms with Crippen LogP contribution in [0.25, 0.3) is 65.6 Å². The minimum Gasteiger partial charge on any atom is -0.299 e. The molecule has 11 rings (SSSR count). The average molecular weight is 700 g/mol. The summed E-state index contributed by atoms with van der Waals surface area (Å²) in [6.45, 7) is 0. The lowest BCUT2D eigenvalue weighted by Gasteiger charge is -2.29. The molecule has 1 atom stereocenters. The Balaban J connectivity index is 1.21. The highest BCUT2D eigenvalue weighted by molar-refractivity contribution is 7.22. The molecular weight excluding hydrogens is 671 g/mol. The van der Waals surface area contributed by atoms with Crippen molar-refractivity contribution in [3.63, 3.8) is 0 Å². The van der Waals surface area contributed by atoms with Crippen LogP contribution in [0.4, 0.5) is 0 Å². The van der Waals surface area contributed by atoms with Gasteiger partial charge in [0.05, 0.1) is 32.3 Å². The van der Waals surface area contributed by atoms with E-state index in [9.17, 15) is 0 Å². The quantitative estimate of drug-likeness (QED) is 0.171. The number of thiazole rings is 1. The first-order valence-electron chi connectivity index (χ1n) is 17.5. The maximum atomic E-state index is 5.54. The molecule has 7 aromatic carbocycles. The van der Waals surface area contributed by atoms with Gasteiger partial charge in [-0.3, -0.25) is 9.13 Å². The predicted octanol–water partition coefficient (Wildman–Crippen LogP) is 8.00. The zero-order valence-electron chi connectivity index (χ0n) is 27.9. The highest BCUT2D eigenvalue weighted by atomic mass is 32.1. The lowest BCUT2D eigenvalue weighted by Crippen LogP contribution is -2.73. The number of rotatable bonds is 5. The summed E-state index contributed by atoms with van der Waals surface area (Å²) in [6, 6.07) is 63.0. The fourth-order valence-corrected chi connectivity index (χ4v) is 14.1. The lowest BCUT2D eigenvalue weighted by atomic mass is 10.2. The molecule has 4 heterocycles. The summed E-state index contributed by atoms with van der Waals surface area (Å²) in [7, 11) is -3.02. The van der Waals surface area contributed by atoms with Gasteiger partial charge in [0.1, 0.15) is 16.3 Å². The molecule has 0 bridgehead atoms. The molecule has 0 saturated heterocycles. The van der Waals surface area contributed by atoms with Gasteiger partial charge in [-0.05, 0) is 70.2 Å². The van der Waals surface area contributed by atoms with E-state index < -0.39 is 8.07 Å². The van der Waals surface area contributed by atoms with Crippen molar-refractivity contribution in [2.45, 2.75) is 0 Å². The molecule has 0 saturated carbocycles. The van der Waals surface area contributed by atoms with E-state index in [1.807, 2.05) is 0 Å².